The van der Waals surface area contributed by atoms with Crippen LogP contribution in [0.4, 0.5) is 5.69 Å². The summed E-state index contributed by atoms with van der Waals surface area (Å²) in [6.07, 6.45) is 0. The van der Waals surface area contributed by atoms with Crippen LogP contribution < -0.4 is 4.90 Å². The zero-order valence-corrected chi connectivity index (χ0v) is 16.3. The predicted octanol–water partition coefficient (Wildman–Crippen LogP) is 4.70. The lowest BCUT2D eigenvalue weighted by molar-refractivity contribution is -0.113. The Bertz CT molecular complexity index is 1170. The van der Waals surface area contributed by atoms with Gasteiger partial charge in [-0.2, -0.15) is 0 Å². The van der Waals surface area contributed by atoms with Gasteiger partial charge in [0.25, 0.3) is 5.91 Å². The number of hydrogen-bond acceptors (Lipinski definition) is 3. The number of halogens is 1. The molecule has 0 N–H and O–H groups in total. The zero-order valence-electron chi connectivity index (χ0n) is 14.7. The van der Waals surface area contributed by atoms with E-state index in [9.17, 15) is 13.2 Å². The van der Waals surface area contributed by atoms with Crippen LogP contribution in [0.25, 0.3) is 5.57 Å². The highest BCUT2D eigenvalue weighted by atomic mass is 35.5. The summed E-state index contributed by atoms with van der Waals surface area (Å²) < 4.78 is 25.7. The molecule has 4 nitrogen and oxygen atoms in total. The number of hydrogen-bond donors (Lipinski definition) is 0. The molecule has 1 aliphatic rings. The number of carbonyl (C=O) groups is 1. The molecule has 0 aliphatic carbocycles. The summed E-state index contributed by atoms with van der Waals surface area (Å²) >= 11 is 5.85. The van der Waals surface area contributed by atoms with E-state index in [1.165, 1.54) is 24.3 Å². The van der Waals surface area contributed by atoms with Gasteiger partial charge in [0, 0.05) is 16.0 Å². The van der Waals surface area contributed by atoms with Crippen molar-refractivity contribution >= 4 is 38.6 Å². The van der Waals surface area contributed by atoms with Crippen LogP contribution in [-0.2, 0) is 21.2 Å². The first-order valence-electron chi connectivity index (χ1n) is 8.63. The minimum atomic E-state index is -3.80. The summed E-state index contributed by atoms with van der Waals surface area (Å²) in [5, 5.41) is 1.51. The summed E-state index contributed by atoms with van der Waals surface area (Å²) in [7, 11) is -3.80. The third-order valence-corrected chi connectivity index (χ3v) is 6.29. The SMILES string of the molecule is O=C1C(=CS(=O)(=O)c2ccc(Cl)cc2)c2ccccc2N1Cc1ccccc1. The fraction of sp³-hybridized carbons (Fsp3) is 0.0455. The van der Waals surface area contributed by atoms with Gasteiger partial charge in [-0.15, -0.1) is 0 Å². The van der Waals surface area contributed by atoms with E-state index in [1.54, 1.807) is 17.0 Å². The molecule has 0 fully saturated rings. The van der Waals surface area contributed by atoms with Crippen molar-refractivity contribution in [2.45, 2.75) is 11.4 Å². The average Bonchev–Trinajstić information content (AvgIpc) is 2.95. The van der Waals surface area contributed by atoms with E-state index in [0.29, 0.717) is 22.8 Å². The van der Waals surface area contributed by atoms with E-state index in [0.717, 1.165) is 11.0 Å². The fourth-order valence-electron chi connectivity index (χ4n) is 3.19. The van der Waals surface area contributed by atoms with Gasteiger partial charge >= 0.3 is 0 Å². The molecular weight excluding hydrogens is 394 g/mol. The van der Waals surface area contributed by atoms with Gasteiger partial charge in [-0.3, -0.25) is 4.79 Å². The van der Waals surface area contributed by atoms with Crippen molar-refractivity contribution in [2.24, 2.45) is 0 Å². The zero-order chi connectivity index (χ0) is 19.7. The number of benzene rings is 3. The second kappa shape index (κ2) is 7.26. The summed E-state index contributed by atoms with van der Waals surface area (Å²) in [6.45, 7) is 0.370. The molecule has 0 aromatic heterocycles. The number of rotatable bonds is 4. The van der Waals surface area contributed by atoms with Crippen molar-refractivity contribution in [3.63, 3.8) is 0 Å². The number of sulfone groups is 1. The molecule has 0 spiro atoms. The standard InChI is InChI=1S/C22H16ClNO3S/c23-17-10-12-18(13-11-17)28(26,27)15-20-19-8-4-5-9-21(19)24(22(20)25)14-16-6-2-1-3-7-16/h1-13,15H,14H2. The van der Waals surface area contributed by atoms with E-state index in [1.807, 2.05) is 42.5 Å². The average molecular weight is 410 g/mol. The van der Waals surface area contributed by atoms with Crippen LogP contribution in [0, 0.1) is 0 Å². The topological polar surface area (TPSA) is 54.5 Å². The number of nitrogens with zero attached hydrogens (tertiary/aromatic N) is 1. The Balaban J connectivity index is 1.76. The van der Waals surface area contributed by atoms with Crippen LogP contribution in [-0.4, -0.2) is 14.3 Å². The largest absolute Gasteiger partial charge is 0.303 e. The number of amides is 1. The highest BCUT2D eigenvalue weighted by molar-refractivity contribution is 7.94. The normalized spacial score (nSPS) is 15.1. The van der Waals surface area contributed by atoms with E-state index < -0.39 is 9.84 Å². The first-order chi connectivity index (χ1) is 13.5. The van der Waals surface area contributed by atoms with Gasteiger partial charge in [0.15, 0.2) is 0 Å². The molecule has 0 bridgehead atoms. The van der Waals surface area contributed by atoms with Crippen molar-refractivity contribution in [3.05, 3.63) is 100 Å². The predicted molar refractivity (Wildman–Crippen MR) is 111 cm³/mol. The van der Waals surface area contributed by atoms with Gasteiger partial charge < -0.3 is 4.90 Å². The third kappa shape index (κ3) is 3.46. The van der Waals surface area contributed by atoms with Crippen LogP contribution in [0.1, 0.15) is 11.1 Å². The molecule has 0 saturated heterocycles. The minimum absolute atomic E-state index is 0.0937. The summed E-state index contributed by atoms with van der Waals surface area (Å²) in [6, 6.07) is 22.7. The Morgan fingerprint density at radius 3 is 2.21 bits per heavy atom. The van der Waals surface area contributed by atoms with E-state index in [-0.39, 0.29) is 16.4 Å². The minimum Gasteiger partial charge on any atom is -0.303 e. The highest BCUT2D eigenvalue weighted by Crippen LogP contribution is 2.38. The van der Waals surface area contributed by atoms with Gasteiger partial charge in [-0.05, 0) is 35.9 Å². The molecule has 3 aromatic rings. The molecular formula is C22H16ClNO3S. The van der Waals surface area contributed by atoms with Crippen LogP contribution in [0.3, 0.4) is 0 Å². The Labute approximate surface area is 168 Å². The van der Waals surface area contributed by atoms with Gasteiger partial charge in [0.2, 0.25) is 9.84 Å². The van der Waals surface area contributed by atoms with Crippen molar-refractivity contribution in [1.82, 2.24) is 0 Å². The molecule has 0 unspecified atom stereocenters. The summed E-state index contributed by atoms with van der Waals surface area (Å²) in [5.41, 5.74) is 2.45. The first kappa shape index (κ1) is 18.5. The number of para-hydroxylation sites is 1. The Hall–Kier alpha value is -2.89. The van der Waals surface area contributed by atoms with Crippen LogP contribution >= 0.6 is 11.6 Å². The van der Waals surface area contributed by atoms with Gasteiger partial charge in [0.05, 0.1) is 22.7 Å². The molecule has 0 radical (unpaired) electrons. The van der Waals surface area contributed by atoms with Crippen molar-refractivity contribution in [3.8, 4) is 0 Å². The quantitative estimate of drug-likeness (QED) is 0.587. The van der Waals surface area contributed by atoms with Crippen molar-refractivity contribution in [2.75, 3.05) is 4.90 Å². The van der Waals surface area contributed by atoms with Crippen LogP contribution in [0.5, 0.6) is 0 Å². The fourth-order valence-corrected chi connectivity index (χ4v) is 4.51. The second-order valence-electron chi connectivity index (χ2n) is 6.42. The van der Waals surface area contributed by atoms with Gasteiger partial charge in [-0.1, -0.05) is 60.1 Å². The third-order valence-electron chi connectivity index (χ3n) is 4.56. The monoisotopic (exact) mass is 409 g/mol. The Kier molecular flexibility index (Phi) is 4.79. The lowest BCUT2D eigenvalue weighted by Crippen LogP contribution is -2.25. The highest BCUT2D eigenvalue weighted by Gasteiger charge is 2.33. The lowest BCUT2D eigenvalue weighted by Gasteiger charge is -2.17. The Morgan fingerprint density at radius 1 is 0.857 bits per heavy atom. The first-order valence-corrected chi connectivity index (χ1v) is 10.6. The van der Waals surface area contributed by atoms with E-state index >= 15 is 0 Å². The molecule has 1 heterocycles. The van der Waals surface area contributed by atoms with Crippen LogP contribution in [0.15, 0.2) is 89.2 Å². The molecule has 6 heteroatoms. The second-order valence-corrected chi connectivity index (χ2v) is 8.66. The van der Waals surface area contributed by atoms with Gasteiger partial charge in [-0.25, -0.2) is 8.42 Å². The summed E-state index contributed by atoms with van der Waals surface area (Å²) in [4.78, 5) is 14.8. The number of carbonyl (C=O) groups excluding carboxylic acids is 1. The maximum absolute atomic E-state index is 13.1. The summed E-state index contributed by atoms with van der Waals surface area (Å²) in [5.74, 6) is -0.331. The van der Waals surface area contributed by atoms with Crippen LogP contribution in [0.2, 0.25) is 5.02 Å². The van der Waals surface area contributed by atoms with E-state index in [4.69, 9.17) is 11.6 Å². The molecule has 140 valence electrons. The molecule has 1 aliphatic heterocycles. The molecule has 3 aromatic carbocycles. The molecule has 0 saturated carbocycles. The molecule has 1 amide bonds. The molecule has 4 rings (SSSR count). The van der Waals surface area contributed by atoms with Gasteiger partial charge in [0.1, 0.15) is 0 Å². The Morgan fingerprint density at radius 2 is 1.50 bits per heavy atom. The van der Waals surface area contributed by atoms with Crippen molar-refractivity contribution in [1.29, 1.82) is 0 Å². The van der Waals surface area contributed by atoms with E-state index in [2.05, 4.69) is 0 Å². The maximum Gasteiger partial charge on any atom is 0.260 e. The maximum atomic E-state index is 13.1. The smallest absolute Gasteiger partial charge is 0.260 e. The number of fused-ring (bicyclic) bond motifs is 1. The molecule has 0 atom stereocenters. The molecule has 28 heavy (non-hydrogen) atoms. The number of anilines is 1. The van der Waals surface area contributed by atoms with Crippen molar-refractivity contribution < 1.29 is 13.2 Å². The lowest BCUT2D eigenvalue weighted by atomic mass is 10.1.